The van der Waals surface area contributed by atoms with Gasteiger partial charge in [0.15, 0.2) is 5.69 Å². The Morgan fingerprint density at radius 2 is 2.06 bits per heavy atom. The van der Waals surface area contributed by atoms with E-state index in [0.717, 1.165) is 6.07 Å². The van der Waals surface area contributed by atoms with Gasteiger partial charge in [0.2, 0.25) is 0 Å². The van der Waals surface area contributed by atoms with Crippen molar-refractivity contribution in [1.82, 2.24) is 10.2 Å². The van der Waals surface area contributed by atoms with Crippen molar-refractivity contribution in [3.63, 3.8) is 0 Å². The second kappa shape index (κ2) is 5.81. The van der Waals surface area contributed by atoms with Gasteiger partial charge >= 0.3 is 6.18 Å². The highest BCUT2D eigenvalue weighted by Gasteiger charge is 2.32. The Balaban J connectivity index is 2.56. The van der Waals surface area contributed by atoms with E-state index in [0.29, 0.717) is 19.0 Å². The van der Waals surface area contributed by atoms with Crippen LogP contribution in [-0.4, -0.2) is 29.5 Å². The van der Waals surface area contributed by atoms with Gasteiger partial charge in [-0.1, -0.05) is 0 Å². The highest BCUT2D eigenvalue weighted by molar-refractivity contribution is 5.34. The average molecular weight is 249 g/mol. The third-order valence-electron chi connectivity index (χ3n) is 1.92. The topological polar surface area (TPSA) is 47.0 Å². The number of ether oxygens (including phenoxy) is 1. The van der Waals surface area contributed by atoms with E-state index >= 15 is 0 Å². The van der Waals surface area contributed by atoms with Gasteiger partial charge in [0.1, 0.15) is 5.82 Å². The molecule has 0 amide bonds. The normalized spacial score (nSPS) is 13.5. The standard InChI is InChI=1S/C10H14F3N3O/c1-3-17-6-7(2)14-9-5-4-8(15-16-9)10(11,12)13/h4-5,7H,3,6H2,1-2H3,(H,14,16). The molecule has 1 aromatic rings. The van der Waals surface area contributed by atoms with Crippen molar-refractivity contribution in [3.05, 3.63) is 17.8 Å². The third kappa shape index (κ3) is 4.56. The van der Waals surface area contributed by atoms with Gasteiger partial charge in [0, 0.05) is 12.6 Å². The summed E-state index contributed by atoms with van der Waals surface area (Å²) in [6.45, 7) is 4.75. The lowest BCUT2D eigenvalue weighted by molar-refractivity contribution is -0.141. The monoisotopic (exact) mass is 249 g/mol. The minimum atomic E-state index is -4.46. The summed E-state index contributed by atoms with van der Waals surface area (Å²) in [6.07, 6.45) is -4.46. The van der Waals surface area contributed by atoms with E-state index in [1.165, 1.54) is 6.07 Å². The van der Waals surface area contributed by atoms with Crippen LogP contribution < -0.4 is 5.32 Å². The van der Waals surface area contributed by atoms with Crippen LogP contribution >= 0.6 is 0 Å². The van der Waals surface area contributed by atoms with Gasteiger partial charge in [-0.2, -0.15) is 13.2 Å². The Kier molecular flexibility index (Phi) is 4.68. The average Bonchev–Trinajstić information content (AvgIpc) is 2.26. The quantitative estimate of drug-likeness (QED) is 0.870. The van der Waals surface area contributed by atoms with E-state index in [4.69, 9.17) is 4.74 Å². The lowest BCUT2D eigenvalue weighted by Crippen LogP contribution is -2.22. The molecule has 0 saturated carbocycles. The SMILES string of the molecule is CCOCC(C)Nc1ccc(C(F)(F)F)nn1. The highest BCUT2D eigenvalue weighted by atomic mass is 19.4. The van der Waals surface area contributed by atoms with E-state index in [1.807, 2.05) is 13.8 Å². The van der Waals surface area contributed by atoms with Crippen molar-refractivity contribution in [3.8, 4) is 0 Å². The van der Waals surface area contributed by atoms with Crippen molar-refractivity contribution >= 4 is 5.82 Å². The molecule has 4 nitrogen and oxygen atoms in total. The van der Waals surface area contributed by atoms with E-state index in [-0.39, 0.29) is 6.04 Å². The van der Waals surface area contributed by atoms with Crippen LogP contribution in [0.3, 0.4) is 0 Å². The van der Waals surface area contributed by atoms with Crippen molar-refractivity contribution in [2.45, 2.75) is 26.1 Å². The summed E-state index contributed by atoms with van der Waals surface area (Å²) < 4.78 is 41.8. The molecule has 1 heterocycles. The molecule has 96 valence electrons. The van der Waals surface area contributed by atoms with Gasteiger partial charge in [-0.25, -0.2) is 0 Å². The maximum absolute atomic E-state index is 12.2. The third-order valence-corrected chi connectivity index (χ3v) is 1.92. The molecule has 0 fully saturated rings. The summed E-state index contributed by atoms with van der Waals surface area (Å²) in [7, 11) is 0. The second-order valence-electron chi connectivity index (χ2n) is 3.51. The first-order chi connectivity index (χ1) is 7.93. The number of halogens is 3. The smallest absolute Gasteiger partial charge is 0.380 e. The number of aromatic nitrogens is 2. The second-order valence-corrected chi connectivity index (χ2v) is 3.51. The van der Waals surface area contributed by atoms with Gasteiger partial charge in [-0.3, -0.25) is 0 Å². The van der Waals surface area contributed by atoms with Crippen LogP contribution in [0.25, 0.3) is 0 Å². The number of alkyl halides is 3. The molecule has 1 N–H and O–H groups in total. The Morgan fingerprint density at radius 1 is 1.35 bits per heavy atom. The number of hydrogen-bond acceptors (Lipinski definition) is 4. The number of nitrogens with one attached hydrogen (secondary N) is 1. The van der Waals surface area contributed by atoms with Crippen LogP contribution in [0, 0.1) is 0 Å². The lowest BCUT2D eigenvalue weighted by Gasteiger charge is -2.14. The predicted molar refractivity (Wildman–Crippen MR) is 56.6 cm³/mol. The summed E-state index contributed by atoms with van der Waals surface area (Å²) in [5.41, 5.74) is -1.000. The molecule has 0 aromatic carbocycles. The molecule has 0 bridgehead atoms. The largest absolute Gasteiger partial charge is 0.435 e. The van der Waals surface area contributed by atoms with E-state index in [9.17, 15) is 13.2 Å². The summed E-state index contributed by atoms with van der Waals surface area (Å²) >= 11 is 0. The molecule has 0 saturated heterocycles. The number of rotatable bonds is 5. The fourth-order valence-corrected chi connectivity index (χ4v) is 1.15. The van der Waals surface area contributed by atoms with Crippen molar-refractivity contribution in [2.24, 2.45) is 0 Å². The first-order valence-corrected chi connectivity index (χ1v) is 5.18. The molecule has 0 aliphatic rings. The molecular formula is C10H14F3N3O. The van der Waals surface area contributed by atoms with Crippen LogP contribution in [0.4, 0.5) is 19.0 Å². The maximum atomic E-state index is 12.2. The first-order valence-electron chi connectivity index (χ1n) is 5.18. The van der Waals surface area contributed by atoms with Gasteiger partial charge in [-0.15, -0.1) is 10.2 Å². The fourth-order valence-electron chi connectivity index (χ4n) is 1.15. The van der Waals surface area contributed by atoms with Crippen molar-refractivity contribution in [2.75, 3.05) is 18.5 Å². The molecule has 1 atom stereocenters. The zero-order valence-electron chi connectivity index (χ0n) is 9.58. The number of anilines is 1. The predicted octanol–water partition coefficient (Wildman–Crippen LogP) is 2.33. The summed E-state index contributed by atoms with van der Waals surface area (Å²) in [4.78, 5) is 0. The van der Waals surface area contributed by atoms with Gasteiger partial charge in [-0.05, 0) is 26.0 Å². The highest BCUT2D eigenvalue weighted by Crippen LogP contribution is 2.27. The lowest BCUT2D eigenvalue weighted by atomic mass is 10.3. The van der Waals surface area contributed by atoms with Gasteiger partial charge < -0.3 is 10.1 Å². The first kappa shape index (κ1) is 13.7. The summed E-state index contributed by atoms with van der Waals surface area (Å²) in [5, 5.41) is 9.45. The van der Waals surface area contributed by atoms with Crippen LogP contribution in [0.15, 0.2) is 12.1 Å². The van der Waals surface area contributed by atoms with Crippen LogP contribution in [0.1, 0.15) is 19.5 Å². The molecule has 0 aliphatic heterocycles. The molecule has 0 aliphatic carbocycles. The molecule has 1 aromatic heterocycles. The van der Waals surface area contributed by atoms with E-state index < -0.39 is 11.9 Å². The summed E-state index contributed by atoms with van der Waals surface area (Å²) in [6, 6.07) is 2.10. The number of nitrogens with zero attached hydrogens (tertiary/aromatic N) is 2. The van der Waals surface area contributed by atoms with E-state index in [2.05, 4.69) is 15.5 Å². The molecule has 7 heteroatoms. The minimum absolute atomic E-state index is 0.0408. The Hall–Kier alpha value is -1.37. The molecule has 1 unspecified atom stereocenters. The van der Waals surface area contributed by atoms with Gasteiger partial charge in [0.25, 0.3) is 0 Å². The van der Waals surface area contributed by atoms with Crippen LogP contribution in [0.5, 0.6) is 0 Å². The van der Waals surface area contributed by atoms with Gasteiger partial charge in [0.05, 0.1) is 6.61 Å². The van der Waals surface area contributed by atoms with Crippen LogP contribution in [-0.2, 0) is 10.9 Å². The van der Waals surface area contributed by atoms with Crippen molar-refractivity contribution < 1.29 is 17.9 Å². The van der Waals surface area contributed by atoms with Crippen LogP contribution in [0.2, 0.25) is 0 Å². The molecular weight excluding hydrogens is 235 g/mol. The Labute approximate surface area is 97.2 Å². The molecule has 0 radical (unpaired) electrons. The number of hydrogen-bond donors (Lipinski definition) is 1. The zero-order valence-corrected chi connectivity index (χ0v) is 9.58. The van der Waals surface area contributed by atoms with Crippen molar-refractivity contribution in [1.29, 1.82) is 0 Å². The molecule has 0 spiro atoms. The fraction of sp³-hybridized carbons (Fsp3) is 0.600. The Morgan fingerprint density at radius 3 is 2.53 bits per heavy atom. The van der Waals surface area contributed by atoms with E-state index in [1.54, 1.807) is 0 Å². The zero-order chi connectivity index (χ0) is 12.9. The minimum Gasteiger partial charge on any atom is -0.380 e. The Bertz CT molecular complexity index is 340. The summed E-state index contributed by atoms with van der Waals surface area (Å²) in [5.74, 6) is 0.296. The molecule has 17 heavy (non-hydrogen) atoms. The maximum Gasteiger partial charge on any atom is 0.435 e. The molecule has 1 rings (SSSR count).